The molecule has 0 saturated heterocycles. The summed E-state index contributed by atoms with van der Waals surface area (Å²) in [4.78, 5) is 5.50. The average Bonchev–Trinajstić information content (AvgIpc) is 3.18. The highest BCUT2D eigenvalue weighted by Crippen LogP contribution is 2.30. The highest BCUT2D eigenvalue weighted by atomic mass is 32.1. The third kappa shape index (κ3) is 4.85. The maximum Gasteiger partial charge on any atom is 0.0589 e. The first kappa shape index (κ1) is 16.0. The Bertz CT molecular complexity index is 413. The molecule has 1 aromatic rings. The number of thiophene rings is 1. The molecule has 0 radical (unpaired) electrons. The Labute approximate surface area is 127 Å². The lowest BCUT2D eigenvalue weighted by atomic mass is 10.2. The number of aryl methyl sites for hydroxylation is 1. The highest BCUT2D eigenvalue weighted by molar-refractivity contribution is 7.12. The monoisotopic (exact) mass is 296 g/mol. The van der Waals surface area contributed by atoms with E-state index in [1.807, 2.05) is 11.3 Å². The van der Waals surface area contributed by atoms with E-state index in [1.165, 1.54) is 28.2 Å². The molecule has 20 heavy (non-hydrogen) atoms. The van der Waals surface area contributed by atoms with Gasteiger partial charge in [0.25, 0.3) is 0 Å². The van der Waals surface area contributed by atoms with Crippen molar-refractivity contribution in [1.29, 1.82) is 0 Å². The summed E-state index contributed by atoms with van der Waals surface area (Å²) >= 11 is 1.93. The Morgan fingerprint density at radius 3 is 2.80 bits per heavy atom. The molecule has 1 heterocycles. The van der Waals surface area contributed by atoms with Gasteiger partial charge in [0, 0.05) is 48.6 Å². The van der Waals surface area contributed by atoms with Gasteiger partial charge in [0.2, 0.25) is 0 Å². The second-order valence-corrected chi connectivity index (χ2v) is 7.37. The number of nitrogens with one attached hydrogen (secondary N) is 1. The van der Waals surface area contributed by atoms with Crippen LogP contribution in [0.5, 0.6) is 0 Å². The fraction of sp³-hybridized carbons (Fsp3) is 0.750. The van der Waals surface area contributed by atoms with Gasteiger partial charge in [0.1, 0.15) is 0 Å². The van der Waals surface area contributed by atoms with Crippen LogP contribution < -0.4 is 5.32 Å². The van der Waals surface area contributed by atoms with Crippen molar-refractivity contribution in [1.82, 2.24) is 10.2 Å². The largest absolute Gasteiger partial charge is 0.383 e. The second-order valence-electron chi connectivity index (χ2n) is 6.02. The van der Waals surface area contributed by atoms with Crippen LogP contribution in [-0.2, 0) is 17.8 Å². The molecule has 4 heteroatoms. The minimum Gasteiger partial charge on any atom is -0.383 e. The van der Waals surface area contributed by atoms with Crippen LogP contribution in [0.15, 0.2) is 6.07 Å². The average molecular weight is 296 g/mol. The van der Waals surface area contributed by atoms with Crippen molar-refractivity contribution in [3.8, 4) is 0 Å². The van der Waals surface area contributed by atoms with E-state index in [-0.39, 0.29) is 0 Å². The quantitative estimate of drug-likeness (QED) is 0.757. The molecule has 3 nitrogen and oxygen atoms in total. The number of hydrogen-bond acceptors (Lipinski definition) is 4. The van der Waals surface area contributed by atoms with E-state index in [2.05, 4.69) is 37.1 Å². The predicted molar refractivity (Wildman–Crippen MR) is 86.3 cm³/mol. The van der Waals surface area contributed by atoms with Crippen molar-refractivity contribution in [2.75, 3.05) is 20.3 Å². The summed E-state index contributed by atoms with van der Waals surface area (Å²) in [7, 11) is 1.79. The zero-order valence-corrected chi connectivity index (χ0v) is 14.1. The standard InChI is InChI=1S/C16H28N2OS/c1-12(2)17-10-16-9-14(13(3)20-16)11-18(7-8-19-4)15-5-6-15/h9,12,15,17H,5-8,10-11H2,1-4H3. The van der Waals surface area contributed by atoms with Crippen molar-refractivity contribution in [2.24, 2.45) is 0 Å². The summed E-state index contributed by atoms with van der Waals surface area (Å²) in [6.07, 6.45) is 2.71. The van der Waals surface area contributed by atoms with Gasteiger partial charge < -0.3 is 10.1 Å². The molecule has 1 aromatic heterocycles. The molecule has 2 rings (SSSR count). The Morgan fingerprint density at radius 2 is 2.20 bits per heavy atom. The molecule has 1 aliphatic carbocycles. The minimum absolute atomic E-state index is 0.547. The van der Waals surface area contributed by atoms with Gasteiger partial charge in [-0.05, 0) is 31.4 Å². The van der Waals surface area contributed by atoms with E-state index in [1.54, 1.807) is 7.11 Å². The Balaban J connectivity index is 1.93. The van der Waals surface area contributed by atoms with Crippen LogP contribution >= 0.6 is 11.3 Å². The summed E-state index contributed by atoms with van der Waals surface area (Å²) in [5.74, 6) is 0. The van der Waals surface area contributed by atoms with E-state index in [9.17, 15) is 0 Å². The molecule has 0 aromatic carbocycles. The SMILES string of the molecule is COCCN(Cc1cc(CNC(C)C)sc1C)C1CC1. The summed E-state index contributed by atoms with van der Waals surface area (Å²) in [5.41, 5.74) is 1.50. The smallest absolute Gasteiger partial charge is 0.0589 e. The molecular formula is C16H28N2OS. The highest BCUT2D eigenvalue weighted by Gasteiger charge is 2.29. The van der Waals surface area contributed by atoms with Crippen molar-refractivity contribution in [3.05, 3.63) is 21.4 Å². The third-order valence-corrected chi connectivity index (χ3v) is 4.87. The second kappa shape index (κ2) is 7.55. The molecule has 1 N–H and O–H groups in total. The lowest BCUT2D eigenvalue weighted by Gasteiger charge is -2.21. The molecule has 0 spiro atoms. The van der Waals surface area contributed by atoms with Gasteiger partial charge in [-0.3, -0.25) is 4.90 Å². The Kier molecular flexibility index (Phi) is 6.02. The molecule has 1 aliphatic rings. The summed E-state index contributed by atoms with van der Waals surface area (Å²) in [5, 5.41) is 3.50. The predicted octanol–water partition coefficient (Wildman–Crippen LogP) is 3.17. The fourth-order valence-electron chi connectivity index (χ4n) is 2.39. The van der Waals surface area contributed by atoms with Crippen molar-refractivity contribution < 1.29 is 4.74 Å². The van der Waals surface area contributed by atoms with Gasteiger partial charge in [-0.1, -0.05) is 13.8 Å². The number of methoxy groups -OCH3 is 1. The normalized spacial score (nSPS) is 15.5. The molecule has 114 valence electrons. The zero-order chi connectivity index (χ0) is 14.5. The van der Waals surface area contributed by atoms with Gasteiger partial charge in [0.05, 0.1) is 6.61 Å². The molecule has 1 saturated carbocycles. The van der Waals surface area contributed by atoms with Crippen LogP contribution in [0.25, 0.3) is 0 Å². The Morgan fingerprint density at radius 1 is 1.45 bits per heavy atom. The number of rotatable bonds is 9. The van der Waals surface area contributed by atoms with Gasteiger partial charge in [-0.2, -0.15) is 0 Å². The van der Waals surface area contributed by atoms with Gasteiger partial charge in [0.15, 0.2) is 0 Å². The van der Waals surface area contributed by atoms with Crippen LogP contribution in [0.4, 0.5) is 0 Å². The van der Waals surface area contributed by atoms with Gasteiger partial charge in [-0.25, -0.2) is 0 Å². The maximum atomic E-state index is 5.24. The van der Waals surface area contributed by atoms with E-state index < -0.39 is 0 Å². The molecular weight excluding hydrogens is 268 g/mol. The fourth-order valence-corrected chi connectivity index (χ4v) is 3.40. The topological polar surface area (TPSA) is 24.5 Å². The first-order valence-corrected chi connectivity index (χ1v) is 8.46. The number of nitrogens with zero attached hydrogens (tertiary/aromatic N) is 1. The van der Waals surface area contributed by atoms with E-state index >= 15 is 0 Å². The Hall–Kier alpha value is -0.420. The van der Waals surface area contributed by atoms with Crippen LogP contribution in [-0.4, -0.2) is 37.2 Å². The zero-order valence-electron chi connectivity index (χ0n) is 13.2. The van der Waals surface area contributed by atoms with Crippen LogP contribution in [0.2, 0.25) is 0 Å². The summed E-state index contributed by atoms with van der Waals surface area (Å²) < 4.78 is 5.24. The van der Waals surface area contributed by atoms with Crippen LogP contribution in [0, 0.1) is 6.92 Å². The first-order valence-electron chi connectivity index (χ1n) is 7.64. The minimum atomic E-state index is 0.547. The number of hydrogen-bond donors (Lipinski definition) is 1. The van der Waals surface area contributed by atoms with Gasteiger partial charge >= 0.3 is 0 Å². The van der Waals surface area contributed by atoms with Crippen molar-refractivity contribution >= 4 is 11.3 Å². The van der Waals surface area contributed by atoms with Crippen molar-refractivity contribution in [2.45, 2.75) is 58.8 Å². The third-order valence-electron chi connectivity index (χ3n) is 3.78. The summed E-state index contributed by atoms with van der Waals surface area (Å²) in [6, 6.07) is 3.73. The maximum absolute atomic E-state index is 5.24. The van der Waals surface area contributed by atoms with E-state index in [0.717, 1.165) is 32.3 Å². The van der Waals surface area contributed by atoms with Crippen molar-refractivity contribution in [3.63, 3.8) is 0 Å². The van der Waals surface area contributed by atoms with E-state index in [4.69, 9.17) is 4.74 Å². The van der Waals surface area contributed by atoms with Crippen LogP contribution in [0.3, 0.4) is 0 Å². The first-order chi connectivity index (χ1) is 9.60. The van der Waals surface area contributed by atoms with Gasteiger partial charge in [-0.15, -0.1) is 11.3 Å². The van der Waals surface area contributed by atoms with Crippen LogP contribution in [0.1, 0.15) is 42.0 Å². The lowest BCUT2D eigenvalue weighted by molar-refractivity contribution is 0.139. The lowest BCUT2D eigenvalue weighted by Crippen LogP contribution is -2.29. The summed E-state index contributed by atoms with van der Waals surface area (Å²) in [6.45, 7) is 10.6. The molecule has 0 aliphatic heterocycles. The molecule has 0 unspecified atom stereocenters. The molecule has 0 amide bonds. The molecule has 1 fully saturated rings. The number of ether oxygens (including phenoxy) is 1. The molecule has 0 bridgehead atoms. The van der Waals surface area contributed by atoms with E-state index in [0.29, 0.717) is 6.04 Å². The molecule has 0 atom stereocenters.